The van der Waals surface area contributed by atoms with E-state index in [-0.39, 0.29) is 24.4 Å². The Labute approximate surface area is 186 Å². The first kappa shape index (κ1) is 25.0. The van der Waals surface area contributed by atoms with Crippen LogP contribution < -0.4 is 5.56 Å². The summed E-state index contributed by atoms with van der Waals surface area (Å²) in [7, 11) is -4.15. The highest BCUT2D eigenvalue weighted by molar-refractivity contribution is 7.54. The summed E-state index contributed by atoms with van der Waals surface area (Å²) < 4.78 is 45.0. The van der Waals surface area contributed by atoms with E-state index in [9.17, 15) is 19.4 Å². The standard InChI is InChI=1S/C21H30FN2O7P/c1-5-9-13-17(23-11-15(25)24-13)19-16(22)18(26)14(30-19)10-20(6-2,7-3)31-32(27,28)21(8-4)12-29-21/h11,14,16,18-19,26H,6-8,10,12H2,1-4H3,(H,24,25)(H,27,28). The van der Waals surface area contributed by atoms with Gasteiger partial charge >= 0.3 is 7.60 Å². The van der Waals surface area contributed by atoms with Gasteiger partial charge in [-0.15, -0.1) is 0 Å². The van der Waals surface area contributed by atoms with Gasteiger partial charge in [0, 0.05) is 6.42 Å². The van der Waals surface area contributed by atoms with Crippen LogP contribution >= 0.6 is 7.60 Å². The molecule has 0 radical (unpaired) electrons. The molecule has 2 aliphatic heterocycles. The van der Waals surface area contributed by atoms with Crippen molar-refractivity contribution in [1.82, 2.24) is 9.97 Å². The van der Waals surface area contributed by atoms with Crippen LogP contribution in [-0.2, 0) is 18.6 Å². The molecule has 11 heteroatoms. The molecular formula is C21H30FN2O7P. The second-order valence-electron chi connectivity index (χ2n) is 8.21. The van der Waals surface area contributed by atoms with Crippen molar-refractivity contribution in [2.24, 2.45) is 0 Å². The minimum atomic E-state index is -4.15. The highest BCUT2D eigenvalue weighted by Gasteiger charge is 2.62. The predicted molar refractivity (Wildman–Crippen MR) is 114 cm³/mol. The van der Waals surface area contributed by atoms with Crippen LogP contribution in [0.5, 0.6) is 0 Å². The fourth-order valence-electron chi connectivity index (χ4n) is 4.03. The number of halogens is 1. The minimum Gasteiger partial charge on any atom is -0.387 e. The third-order valence-electron chi connectivity index (χ3n) is 6.39. The predicted octanol–water partition coefficient (Wildman–Crippen LogP) is 2.57. The number of epoxide rings is 1. The third-order valence-corrected chi connectivity index (χ3v) is 8.63. The summed E-state index contributed by atoms with van der Waals surface area (Å²) in [5, 5.41) is 9.38. The van der Waals surface area contributed by atoms with Gasteiger partial charge in [0.05, 0.1) is 24.5 Å². The number of ether oxygens (including phenoxy) is 2. The summed E-state index contributed by atoms with van der Waals surface area (Å²) >= 11 is 0. The molecule has 32 heavy (non-hydrogen) atoms. The molecule has 0 spiro atoms. The van der Waals surface area contributed by atoms with Gasteiger partial charge < -0.3 is 24.5 Å². The number of aliphatic hydroxyl groups excluding tert-OH is 1. The molecule has 2 saturated heterocycles. The molecule has 1 aromatic rings. The van der Waals surface area contributed by atoms with Gasteiger partial charge in [0.15, 0.2) is 11.5 Å². The highest BCUT2D eigenvalue weighted by atomic mass is 31.2. The zero-order valence-corrected chi connectivity index (χ0v) is 19.5. The summed E-state index contributed by atoms with van der Waals surface area (Å²) in [6, 6.07) is 0. The molecule has 2 fully saturated rings. The normalized spacial score (nSPS) is 31.6. The van der Waals surface area contributed by atoms with E-state index in [4.69, 9.17) is 14.0 Å². The molecule has 178 valence electrons. The Morgan fingerprint density at radius 2 is 2.09 bits per heavy atom. The van der Waals surface area contributed by atoms with Crippen molar-refractivity contribution in [3.05, 3.63) is 27.9 Å². The first-order valence-electron chi connectivity index (χ1n) is 10.7. The first-order chi connectivity index (χ1) is 15.1. The average Bonchev–Trinajstić information content (AvgIpc) is 3.53. The molecule has 0 saturated carbocycles. The largest absolute Gasteiger partial charge is 0.387 e. The maximum Gasteiger partial charge on any atom is 0.362 e. The number of nitrogens with one attached hydrogen (secondary N) is 1. The van der Waals surface area contributed by atoms with Gasteiger partial charge in [0.2, 0.25) is 0 Å². The number of hydrogen-bond acceptors (Lipinski definition) is 7. The molecule has 6 unspecified atom stereocenters. The maximum absolute atomic E-state index is 15.1. The van der Waals surface area contributed by atoms with E-state index in [1.54, 1.807) is 27.7 Å². The van der Waals surface area contributed by atoms with E-state index >= 15 is 4.39 Å². The Balaban J connectivity index is 1.85. The zero-order valence-electron chi connectivity index (χ0n) is 18.6. The fraction of sp³-hybridized carbons (Fsp3) is 0.714. The van der Waals surface area contributed by atoms with Crippen LogP contribution in [0.4, 0.5) is 4.39 Å². The molecule has 1 aromatic heterocycles. The Morgan fingerprint density at radius 3 is 2.62 bits per heavy atom. The second-order valence-corrected chi connectivity index (χ2v) is 10.2. The molecule has 9 nitrogen and oxygen atoms in total. The van der Waals surface area contributed by atoms with Crippen molar-refractivity contribution in [1.29, 1.82) is 0 Å². The van der Waals surface area contributed by atoms with Crippen LogP contribution in [0.3, 0.4) is 0 Å². The number of hydrogen-bond donors (Lipinski definition) is 3. The molecular weight excluding hydrogens is 442 g/mol. The number of aromatic nitrogens is 2. The van der Waals surface area contributed by atoms with Crippen LogP contribution in [0.15, 0.2) is 11.0 Å². The molecule has 3 rings (SSSR count). The van der Waals surface area contributed by atoms with Gasteiger partial charge in [0.1, 0.15) is 23.6 Å². The van der Waals surface area contributed by atoms with Gasteiger partial charge in [0.25, 0.3) is 5.56 Å². The zero-order chi connectivity index (χ0) is 23.7. The Hall–Kier alpha value is -1.60. The Morgan fingerprint density at radius 1 is 1.44 bits per heavy atom. The van der Waals surface area contributed by atoms with Crippen LogP contribution in [-0.4, -0.2) is 55.9 Å². The van der Waals surface area contributed by atoms with Crippen LogP contribution in [0, 0.1) is 11.8 Å². The van der Waals surface area contributed by atoms with Gasteiger partial charge in [-0.25, -0.2) is 9.37 Å². The smallest absolute Gasteiger partial charge is 0.362 e. The number of H-pyrrole nitrogens is 1. The molecule has 0 aliphatic carbocycles. The van der Waals surface area contributed by atoms with Crippen LogP contribution in [0.25, 0.3) is 0 Å². The van der Waals surface area contributed by atoms with Crippen LogP contribution in [0.1, 0.15) is 70.9 Å². The lowest BCUT2D eigenvalue weighted by Gasteiger charge is -2.37. The van der Waals surface area contributed by atoms with Crippen molar-refractivity contribution in [3.63, 3.8) is 0 Å². The number of aromatic amines is 1. The highest BCUT2D eigenvalue weighted by Crippen LogP contribution is 2.67. The minimum absolute atomic E-state index is 0.0133. The van der Waals surface area contributed by atoms with E-state index in [0.29, 0.717) is 19.3 Å². The van der Waals surface area contributed by atoms with Crippen molar-refractivity contribution in [2.75, 3.05) is 6.61 Å². The monoisotopic (exact) mass is 472 g/mol. The Bertz CT molecular complexity index is 996. The SMILES string of the molecule is CC#Cc1[nH]c(=O)cnc1C1OC(CC(CC)(CC)OP(=O)(O)C2(CC)CO2)C(O)C1F. The molecule has 6 atom stereocenters. The number of alkyl halides is 1. The molecule has 3 N–H and O–H groups in total. The summed E-state index contributed by atoms with van der Waals surface area (Å²) in [5.41, 5.74) is -1.43. The summed E-state index contributed by atoms with van der Waals surface area (Å²) in [6.07, 6.45) is -3.66. The number of rotatable bonds is 9. The van der Waals surface area contributed by atoms with Crippen molar-refractivity contribution in [2.45, 2.75) is 88.8 Å². The van der Waals surface area contributed by atoms with E-state index in [2.05, 4.69) is 21.8 Å². The first-order valence-corrected chi connectivity index (χ1v) is 12.3. The lowest BCUT2D eigenvalue weighted by molar-refractivity contribution is -0.0575. The third kappa shape index (κ3) is 4.56. The van der Waals surface area contributed by atoms with Gasteiger partial charge in [-0.05, 0) is 32.1 Å². The molecule has 0 aromatic carbocycles. The molecule has 0 amide bonds. The molecule has 0 bridgehead atoms. The average molecular weight is 472 g/mol. The lowest BCUT2D eigenvalue weighted by Crippen LogP contribution is -2.40. The molecule has 3 heterocycles. The number of aliphatic hydroxyl groups is 1. The van der Waals surface area contributed by atoms with Crippen molar-refractivity contribution >= 4 is 7.60 Å². The topological polar surface area (TPSA) is 134 Å². The van der Waals surface area contributed by atoms with E-state index in [0.717, 1.165) is 6.20 Å². The maximum atomic E-state index is 15.1. The van der Waals surface area contributed by atoms with Gasteiger partial charge in [-0.2, -0.15) is 0 Å². The van der Waals surface area contributed by atoms with Gasteiger partial charge in [-0.3, -0.25) is 13.9 Å². The number of nitrogens with zero attached hydrogens (tertiary/aromatic N) is 1. The van der Waals surface area contributed by atoms with Crippen molar-refractivity contribution < 1.29 is 33.0 Å². The fourth-order valence-corrected chi connectivity index (χ4v) is 5.84. The van der Waals surface area contributed by atoms with E-state index < -0.39 is 48.6 Å². The van der Waals surface area contributed by atoms with E-state index in [1.165, 1.54) is 0 Å². The Kier molecular flexibility index (Phi) is 7.30. The van der Waals surface area contributed by atoms with Crippen LogP contribution in [0.2, 0.25) is 0 Å². The second kappa shape index (κ2) is 9.34. The van der Waals surface area contributed by atoms with E-state index in [1.807, 2.05) is 0 Å². The van der Waals surface area contributed by atoms with Crippen molar-refractivity contribution in [3.8, 4) is 11.8 Å². The quantitative estimate of drug-likeness (QED) is 0.284. The lowest BCUT2D eigenvalue weighted by atomic mass is 9.88. The summed E-state index contributed by atoms with van der Waals surface area (Å²) in [6.45, 7) is 7.02. The summed E-state index contributed by atoms with van der Waals surface area (Å²) in [4.78, 5) is 28.7. The van der Waals surface area contributed by atoms with Gasteiger partial charge in [-0.1, -0.05) is 26.7 Å². The summed E-state index contributed by atoms with van der Waals surface area (Å²) in [5.74, 6) is 5.30. The molecule has 2 aliphatic rings.